The van der Waals surface area contributed by atoms with Gasteiger partial charge in [0.05, 0.1) is 13.2 Å². The highest BCUT2D eigenvalue weighted by Crippen LogP contribution is 2.29. The molecule has 7 heteroatoms. The molecule has 0 radical (unpaired) electrons. The number of nitrogen functional groups attached to an aromatic ring is 1. The maximum atomic E-state index is 13.6. The Labute approximate surface area is 89.8 Å². The van der Waals surface area contributed by atoms with Crippen molar-refractivity contribution in [3.63, 3.8) is 0 Å². The molecule has 1 aromatic rings. The van der Waals surface area contributed by atoms with Crippen molar-refractivity contribution in [1.29, 1.82) is 0 Å². The standard InChI is InChI=1S/C9H10FN3O3/c10-7-5(3-14)4-16-8(7)13-2-1-6(11)12-9(13)15/h1-2,8,14H,3-4H2,(H2,11,12,15)/t8-/m1/s1. The summed E-state index contributed by atoms with van der Waals surface area (Å²) in [6.07, 6.45) is 0.151. The summed E-state index contributed by atoms with van der Waals surface area (Å²) < 4.78 is 19.6. The van der Waals surface area contributed by atoms with Crippen LogP contribution in [0.25, 0.3) is 0 Å². The molecule has 16 heavy (non-hydrogen) atoms. The molecule has 0 unspecified atom stereocenters. The Kier molecular flexibility index (Phi) is 2.71. The van der Waals surface area contributed by atoms with Crippen molar-refractivity contribution in [2.45, 2.75) is 6.23 Å². The van der Waals surface area contributed by atoms with E-state index in [9.17, 15) is 9.18 Å². The fraction of sp³-hybridized carbons (Fsp3) is 0.333. The van der Waals surface area contributed by atoms with E-state index in [-0.39, 0.29) is 18.0 Å². The van der Waals surface area contributed by atoms with E-state index in [1.807, 2.05) is 0 Å². The number of hydrogen-bond acceptors (Lipinski definition) is 5. The van der Waals surface area contributed by atoms with Crippen molar-refractivity contribution in [2.24, 2.45) is 0 Å². The van der Waals surface area contributed by atoms with E-state index >= 15 is 0 Å². The lowest BCUT2D eigenvalue weighted by molar-refractivity contribution is 0.0498. The number of ether oxygens (including phenoxy) is 1. The highest BCUT2D eigenvalue weighted by atomic mass is 19.1. The highest BCUT2D eigenvalue weighted by molar-refractivity contribution is 5.24. The van der Waals surface area contributed by atoms with Crippen molar-refractivity contribution in [1.82, 2.24) is 9.55 Å². The summed E-state index contributed by atoms with van der Waals surface area (Å²) in [5.74, 6) is -0.595. The average Bonchev–Trinajstić information content (AvgIpc) is 2.60. The predicted octanol–water partition coefficient (Wildman–Crippen LogP) is -0.430. The van der Waals surface area contributed by atoms with Gasteiger partial charge in [0, 0.05) is 11.8 Å². The minimum absolute atomic E-state index is 0.0379. The van der Waals surface area contributed by atoms with Crippen LogP contribution in [-0.4, -0.2) is 27.9 Å². The molecular weight excluding hydrogens is 217 g/mol. The van der Waals surface area contributed by atoms with Gasteiger partial charge in [-0.3, -0.25) is 4.57 Å². The van der Waals surface area contributed by atoms with Crippen LogP contribution >= 0.6 is 0 Å². The van der Waals surface area contributed by atoms with Crippen molar-refractivity contribution in [3.8, 4) is 0 Å². The fourth-order valence-electron chi connectivity index (χ4n) is 1.42. The number of aromatic nitrogens is 2. The van der Waals surface area contributed by atoms with Crippen LogP contribution in [0.2, 0.25) is 0 Å². The molecule has 0 amide bonds. The zero-order valence-electron chi connectivity index (χ0n) is 8.26. The van der Waals surface area contributed by atoms with E-state index in [0.717, 1.165) is 4.57 Å². The zero-order chi connectivity index (χ0) is 11.7. The normalized spacial score (nSPS) is 20.5. The molecule has 1 aliphatic rings. The number of aliphatic hydroxyl groups excluding tert-OH is 1. The molecule has 0 aromatic carbocycles. The molecular formula is C9H10FN3O3. The van der Waals surface area contributed by atoms with Gasteiger partial charge >= 0.3 is 5.69 Å². The minimum Gasteiger partial charge on any atom is -0.392 e. The fourth-order valence-corrected chi connectivity index (χ4v) is 1.42. The van der Waals surface area contributed by atoms with Crippen LogP contribution in [0.3, 0.4) is 0 Å². The molecule has 0 saturated heterocycles. The molecule has 1 atom stereocenters. The Bertz CT molecular complexity index is 497. The Balaban J connectivity index is 2.40. The summed E-state index contributed by atoms with van der Waals surface area (Å²) in [4.78, 5) is 14.9. The summed E-state index contributed by atoms with van der Waals surface area (Å²) in [7, 11) is 0. The first-order valence-corrected chi connectivity index (χ1v) is 4.58. The lowest BCUT2D eigenvalue weighted by Gasteiger charge is -2.12. The third-order valence-corrected chi connectivity index (χ3v) is 2.27. The van der Waals surface area contributed by atoms with E-state index in [4.69, 9.17) is 15.6 Å². The van der Waals surface area contributed by atoms with Gasteiger partial charge in [-0.05, 0) is 6.07 Å². The van der Waals surface area contributed by atoms with E-state index < -0.39 is 24.4 Å². The molecule has 1 aliphatic heterocycles. The highest BCUT2D eigenvalue weighted by Gasteiger charge is 2.28. The Morgan fingerprint density at radius 3 is 3.06 bits per heavy atom. The van der Waals surface area contributed by atoms with Crippen LogP contribution in [0.1, 0.15) is 6.23 Å². The monoisotopic (exact) mass is 227 g/mol. The number of halogens is 1. The number of anilines is 1. The number of hydrogen-bond donors (Lipinski definition) is 2. The van der Waals surface area contributed by atoms with Crippen LogP contribution in [0.15, 0.2) is 28.5 Å². The summed E-state index contributed by atoms with van der Waals surface area (Å²) in [6.45, 7) is -0.469. The smallest absolute Gasteiger partial charge is 0.351 e. The van der Waals surface area contributed by atoms with Gasteiger partial charge in [0.2, 0.25) is 0 Å². The van der Waals surface area contributed by atoms with Gasteiger partial charge in [-0.25, -0.2) is 9.18 Å². The predicted molar refractivity (Wildman–Crippen MR) is 53.1 cm³/mol. The van der Waals surface area contributed by atoms with Gasteiger partial charge in [-0.2, -0.15) is 4.98 Å². The van der Waals surface area contributed by atoms with Crippen LogP contribution in [0.5, 0.6) is 0 Å². The second-order valence-corrected chi connectivity index (χ2v) is 3.32. The molecule has 86 valence electrons. The molecule has 0 saturated carbocycles. The van der Waals surface area contributed by atoms with E-state index in [0.29, 0.717) is 0 Å². The first-order chi connectivity index (χ1) is 7.63. The molecule has 6 nitrogen and oxygen atoms in total. The van der Waals surface area contributed by atoms with Gasteiger partial charge in [-0.15, -0.1) is 0 Å². The maximum Gasteiger partial charge on any atom is 0.351 e. The van der Waals surface area contributed by atoms with Crippen LogP contribution in [-0.2, 0) is 4.74 Å². The van der Waals surface area contributed by atoms with Gasteiger partial charge < -0.3 is 15.6 Å². The average molecular weight is 227 g/mol. The Hall–Kier alpha value is -1.73. The second-order valence-electron chi connectivity index (χ2n) is 3.32. The SMILES string of the molecule is Nc1ccn([C@@H]2OCC(CO)=C2F)c(=O)n1. The van der Waals surface area contributed by atoms with Crippen molar-refractivity contribution >= 4 is 5.82 Å². The van der Waals surface area contributed by atoms with Crippen molar-refractivity contribution in [2.75, 3.05) is 18.9 Å². The maximum absolute atomic E-state index is 13.6. The topological polar surface area (TPSA) is 90.4 Å². The first-order valence-electron chi connectivity index (χ1n) is 4.58. The quantitative estimate of drug-likeness (QED) is 0.715. The number of rotatable bonds is 2. The van der Waals surface area contributed by atoms with Crippen LogP contribution in [0, 0.1) is 0 Å². The lowest BCUT2D eigenvalue weighted by atomic mass is 10.3. The van der Waals surface area contributed by atoms with E-state index in [1.165, 1.54) is 12.3 Å². The third kappa shape index (κ3) is 1.70. The van der Waals surface area contributed by atoms with E-state index in [1.54, 1.807) is 0 Å². The van der Waals surface area contributed by atoms with Crippen LogP contribution < -0.4 is 11.4 Å². The Morgan fingerprint density at radius 1 is 1.75 bits per heavy atom. The third-order valence-electron chi connectivity index (χ3n) is 2.27. The van der Waals surface area contributed by atoms with Gasteiger partial charge in [-0.1, -0.05) is 0 Å². The summed E-state index contributed by atoms with van der Waals surface area (Å²) >= 11 is 0. The molecule has 0 fully saturated rings. The molecule has 0 spiro atoms. The summed E-state index contributed by atoms with van der Waals surface area (Å²) in [6, 6.07) is 1.37. The molecule has 3 N–H and O–H groups in total. The molecule has 2 heterocycles. The number of aliphatic hydroxyl groups is 1. The largest absolute Gasteiger partial charge is 0.392 e. The molecule has 2 rings (SSSR count). The first kappa shape index (κ1) is 10.8. The van der Waals surface area contributed by atoms with Crippen molar-refractivity contribution in [3.05, 3.63) is 34.1 Å². The molecule has 1 aromatic heterocycles. The van der Waals surface area contributed by atoms with Gasteiger partial charge in [0.25, 0.3) is 0 Å². The molecule has 0 aliphatic carbocycles. The lowest BCUT2D eigenvalue weighted by Crippen LogP contribution is -2.27. The zero-order valence-corrected chi connectivity index (χ0v) is 8.26. The van der Waals surface area contributed by atoms with Gasteiger partial charge in [0.15, 0.2) is 12.1 Å². The van der Waals surface area contributed by atoms with E-state index in [2.05, 4.69) is 4.98 Å². The number of nitrogens with zero attached hydrogens (tertiary/aromatic N) is 2. The van der Waals surface area contributed by atoms with Crippen molar-refractivity contribution < 1.29 is 14.2 Å². The minimum atomic E-state index is -1.15. The summed E-state index contributed by atoms with van der Waals surface area (Å²) in [5, 5.41) is 8.81. The molecule has 0 bridgehead atoms. The van der Waals surface area contributed by atoms with Gasteiger partial charge in [0.1, 0.15) is 5.82 Å². The number of nitrogens with two attached hydrogens (primary N) is 1. The Morgan fingerprint density at radius 2 is 2.50 bits per heavy atom. The van der Waals surface area contributed by atoms with Crippen LogP contribution in [0.4, 0.5) is 10.2 Å². The summed E-state index contributed by atoms with van der Waals surface area (Å²) in [5.41, 5.74) is 4.74. The second kappa shape index (κ2) is 4.03.